The third kappa shape index (κ3) is 2.04. The lowest BCUT2D eigenvalue weighted by molar-refractivity contribution is 1.04. The molecule has 1 atom stereocenters. The van der Waals surface area contributed by atoms with Gasteiger partial charge in [-0.05, 0) is 52.1 Å². The minimum atomic E-state index is 0.348. The summed E-state index contributed by atoms with van der Waals surface area (Å²) in [6.45, 7) is 2.17. The van der Waals surface area contributed by atoms with Gasteiger partial charge in [0.25, 0.3) is 0 Å². The van der Waals surface area contributed by atoms with Crippen molar-refractivity contribution >= 4 is 32.8 Å². The van der Waals surface area contributed by atoms with Gasteiger partial charge < -0.3 is 0 Å². The van der Waals surface area contributed by atoms with E-state index in [1.165, 1.54) is 37.5 Å². The number of aryl methyl sites for hydroxylation is 1. The Labute approximate surface area is 133 Å². The molecule has 1 aliphatic carbocycles. The average Bonchev–Trinajstić information content (AvgIpc) is 2.92. The van der Waals surface area contributed by atoms with Gasteiger partial charge in [-0.25, -0.2) is 0 Å². The summed E-state index contributed by atoms with van der Waals surface area (Å²) in [5.41, 5.74) is 5.39. The molecule has 0 amide bonds. The zero-order chi connectivity index (χ0) is 14.4. The van der Waals surface area contributed by atoms with Crippen molar-refractivity contribution < 1.29 is 0 Å². The summed E-state index contributed by atoms with van der Waals surface area (Å²) in [6.07, 6.45) is 4.53. The molecule has 0 N–H and O–H groups in total. The van der Waals surface area contributed by atoms with Crippen LogP contribution in [0.15, 0.2) is 65.1 Å². The second-order valence-electron chi connectivity index (χ2n) is 5.64. The van der Waals surface area contributed by atoms with E-state index in [4.69, 9.17) is 0 Å². The maximum Gasteiger partial charge on any atom is 0.0290 e. The van der Waals surface area contributed by atoms with Crippen LogP contribution in [0.2, 0.25) is 0 Å². The van der Waals surface area contributed by atoms with Crippen LogP contribution in [0.3, 0.4) is 0 Å². The van der Waals surface area contributed by atoms with Gasteiger partial charge in [-0.1, -0.05) is 70.5 Å². The van der Waals surface area contributed by atoms with E-state index >= 15 is 0 Å². The van der Waals surface area contributed by atoms with Gasteiger partial charge in [0.15, 0.2) is 0 Å². The van der Waals surface area contributed by atoms with Gasteiger partial charge in [0.05, 0.1) is 0 Å². The summed E-state index contributed by atoms with van der Waals surface area (Å²) >= 11 is 3.78. The fourth-order valence-electron chi connectivity index (χ4n) is 3.23. The van der Waals surface area contributed by atoms with Crippen LogP contribution in [0, 0.1) is 6.92 Å². The van der Waals surface area contributed by atoms with E-state index in [0.717, 1.165) is 0 Å². The summed E-state index contributed by atoms with van der Waals surface area (Å²) in [5, 5.41) is 2.63. The minimum absolute atomic E-state index is 0.348. The van der Waals surface area contributed by atoms with Crippen molar-refractivity contribution in [3.8, 4) is 0 Å². The Morgan fingerprint density at radius 1 is 0.905 bits per heavy atom. The summed E-state index contributed by atoms with van der Waals surface area (Å²) in [5.74, 6) is 0.348. The van der Waals surface area contributed by atoms with Crippen molar-refractivity contribution in [2.75, 3.05) is 0 Å². The molecule has 0 fully saturated rings. The van der Waals surface area contributed by atoms with Crippen molar-refractivity contribution in [3.05, 3.63) is 87.4 Å². The molecular weight excluding hydrogens is 320 g/mol. The second-order valence-corrected chi connectivity index (χ2v) is 6.49. The van der Waals surface area contributed by atoms with Gasteiger partial charge in [-0.2, -0.15) is 0 Å². The number of allylic oxidation sites excluding steroid dienone is 1. The molecule has 0 aromatic heterocycles. The molecule has 0 saturated carbocycles. The topological polar surface area (TPSA) is 0 Å². The number of rotatable bonds is 1. The second kappa shape index (κ2) is 4.85. The van der Waals surface area contributed by atoms with Gasteiger partial charge in [0.1, 0.15) is 0 Å². The van der Waals surface area contributed by atoms with Crippen LogP contribution in [0.4, 0.5) is 0 Å². The number of benzene rings is 3. The van der Waals surface area contributed by atoms with Gasteiger partial charge in [-0.3, -0.25) is 0 Å². The predicted molar refractivity (Wildman–Crippen MR) is 93.7 cm³/mol. The Morgan fingerprint density at radius 2 is 1.76 bits per heavy atom. The minimum Gasteiger partial charge on any atom is -0.0720 e. The SMILES string of the molecule is Cc1cccc2cc(C3C=Cc4ccccc43)c(Br)cc12. The Kier molecular flexibility index (Phi) is 2.97. The van der Waals surface area contributed by atoms with Crippen LogP contribution in [0.1, 0.15) is 28.2 Å². The first-order chi connectivity index (χ1) is 10.2. The van der Waals surface area contributed by atoms with E-state index in [1.807, 2.05) is 0 Å². The first-order valence-electron chi connectivity index (χ1n) is 7.20. The van der Waals surface area contributed by atoms with Crippen molar-refractivity contribution in [3.63, 3.8) is 0 Å². The monoisotopic (exact) mass is 334 g/mol. The molecule has 0 spiro atoms. The first kappa shape index (κ1) is 12.8. The molecule has 0 heterocycles. The molecule has 3 aromatic rings. The van der Waals surface area contributed by atoms with E-state index < -0.39 is 0 Å². The largest absolute Gasteiger partial charge is 0.0720 e. The molecule has 0 nitrogen and oxygen atoms in total. The van der Waals surface area contributed by atoms with Crippen molar-refractivity contribution in [1.82, 2.24) is 0 Å². The highest BCUT2D eigenvalue weighted by atomic mass is 79.9. The smallest absolute Gasteiger partial charge is 0.0290 e. The Hall–Kier alpha value is -1.86. The van der Waals surface area contributed by atoms with Crippen molar-refractivity contribution in [2.45, 2.75) is 12.8 Å². The quantitative estimate of drug-likeness (QED) is 0.506. The highest BCUT2D eigenvalue weighted by Gasteiger charge is 2.21. The van der Waals surface area contributed by atoms with Crippen LogP contribution >= 0.6 is 15.9 Å². The average molecular weight is 335 g/mol. The van der Waals surface area contributed by atoms with E-state index in [-0.39, 0.29) is 0 Å². The van der Waals surface area contributed by atoms with Crippen LogP contribution in [-0.2, 0) is 0 Å². The molecule has 4 rings (SSSR count). The summed E-state index contributed by atoms with van der Waals surface area (Å²) in [6, 6.07) is 19.7. The number of halogens is 1. The fraction of sp³-hybridized carbons (Fsp3) is 0.100. The third-order valence-corrected chi connectivity index (χ3v) is 5.04. The Bertz CT molecular complexity index is 874. The molecule has 3 aromatic carbocycles. The highest BCUT2D eigenvalue weighted by molar-refractivity contribution is 9.10. The number of fused-ring (bicyclic) bond motifs is 2. The van der Waals surface area contributed by atoms with E-state index in [2.05, 4.69) is 89.6 Å². The zero-order valence-electron chi connectivity index (χ0n) is 11.8. The zero-order valence-corrected chi connectivity index (χ0v) is 13.4. The molecule has 1 aliphatic rings. The van der Waals surface area contributed by atoms with E-state index in [0.29, 0.717) is 5.92 Å². The molecule has 102 valence electrons. The van der Waals surface area contributed by atoms with E-state index in [9.17, 15) is 0 Å². The van der Waals surface area contributed by atoms with E-state index in [1.54, 1.807) is 0 Å². The van der Waals surface area contributed by atoms with Gasteiger partial charge >= 0.3 is 0 Å². The molecule has 0 aliphatic heterocycles. The summed E-state index contributed by atoms with van der Waals surface area (Å²) in [4.78, 5) is 0. The van der Waals surface area contributed by atoms with Crippen LogP contribution in [-0.4, -0.2) is 0 Å². The maximum absolute atomic E-state index is 3.78. The van der Waals surface area contributed by atoms with Crippen molar-refractivity contribution in [1.29, 1.82) is 0 Å². The highest BCUT2D eigenvalue weighted by Crippen LogP contribution is 2.40. The molecule has 0 radical (unpaired) electrons. The molecule has 21 heavy (non-hydrogen) atoms. The van der Waals surface area contributed by atoms with Crippen LogP contribution < -0.4 is 0 Å². The summed E-state index contributed by atoms with van der Waals surface area (Å²) < 4.78 is 1.19. The lowest BCUT2D eigenvalue weighted by Crippen LogP contribution is -1.97. The third-order valence-electron chi connectivity index (χ3n) is 4.35. The lowest BCUT2D eigenvalue weighted by Gasteiger charge is -2.15. The molecule has 1 unspecified atom stereocenters. The Morgan fingerprint density at radius 3 is 2.67 bits per heavy atom. The van der Waals surface area contributed by atoms with Crippen LogP contribution in [0.5, 0.6) is 0 Å². The first-order valence-corrected chi connectivity index (χ1v) is 7.99. The van der Waals surface area contributed by atoms with Gasteiger partial charge in [-0.15, -0.1) is 0 Å². The van der Waals surface area contributed by atoms with Gasteiger partial charge in [0, 0.05) is 10.4 Å². The molecule has 0 bridgehead atoms. The molecular formula is C20H15Br. The van der Waals surface area contributed by atoms with Crippen molar-refractivity contribution in [2.24, 2.45) is 0 Å². The summed E-state index contributed by atoms with van der Waals surface area (Å²) in [7, 11) is 0. The van der Waals surface area contributed by atoms with Gasteiger partial charge in [0.2, 0.25) is 0 Å². The number of hydrogen-bond donors (Lipinski definition) is 0. The Balaban J connectivity index is 1.93. The molecule has 0 saturated heterocycles. The number of hydrogen-bond acceptors (Lipinski definition) is 0. The fourth-order valence-corrected chi connectivity index (χ4v) is 3.82. The standard InChI is InChI=1S/C20H15Br/c1-13-5-4-7-15-11-19(20(21)12-18(13)15)17-10-9-14-6-2-3-8-16(14)17/h2-12,17H,1H3. The molecule has 1 heteroatoms. The predicted octanol–water partition coefficient (Wildman–Crippen LogP) is 6.07. The van der Waals surface area contributed by atoms with Crippen LogP contribution in [0.25, 0.3) is 16.8 Å². The normalized spacial score (nSPS) is 16.4. The lowest BCUT2D eigenvalue weighted by atomic mass is 9.91. The maximum atomic E-state index is 3.78.